The first-order valence-electron chi connectivity index (χ1n) is 4.18. The number of hydrogen-bond acceptors (Lipinski definition) is 1. The highest BCUT2D eigenvalue weighted by Gasteiger charge is 2.00. The van der Waals surface area contributed by atoms with Gasteiger partial charge in [0.1, 0.15) is 0 Å². The van der Waals surface area contributed by atoms with E-state index in [1.54, 1.807) is 6.08 Å². The first-order chi connectivity index (χ1) is 6.50. The van der Waals surface area contributed by atoms with E-state index in [0.717, 1.165) is 27.2 Å². The van der Waals surface area contributed by atoms with Crippen molar-refractivity contribution in [3.05, 3.63) is 39.4 Å². The van der Waals surface area contributed by atoms with E-state index in [1.165, 1.54) is 0 Å². The third-order valence-electron chi connectivity index (χ3n) is 1.88. The van der Waals surface area contributed by atoms with E-state index >= 15 is 0 Å². The van der Waals surface area contributed by atoms with Crippen molar-refractivity contribution < 1.29 is 9.90 Å². The number of benzene rings is 1. The SMILES string of the molecule is Cc1cc(/C=C/C(=O)O)cc(C)c1Br. The Morgan fingerprint density at radius 2 is 1.86 bits per heavy atom. The molecular weight excluding hydrogens is 244 g/mol. The number of carboxylic acids is 1. The van der Waals surface area contributed by atoms with Gasteiger partial charge in [-0.05, 0) is 36.6 Å². The van der Waals surface area contributed by atoms with Gasteiger partial charge in [-0.25, -0.2) is 4.79 Å². The van der Waals surface area contributed by atoms with Crippen LogP contribution in [0.3, 0.4) is 0 Å². The zero-order chi connectivity index (χ0) is 10.7. The third kappa shape index (κ3) is 2.70. The molecule has 0 radical (unpaired) electrons. The topological polar surface area (TPSA) is 37.3 Å². The van der Waals surface area contributed by atoms with Gasteiger partial charge in [-0.3, -0.25) is 0 Å². The maximum atomic E-state index is 10.3. The fraction of sp³-hybridized carbons (Fsp3) is 0.182. The van der Waals surface area contributed by atoms with Crippen LogP contribution >= 0.6 is 15.9 Å². The van der Waals surface area contributed by atoms with Crippen LogP contribution in [0.2, 0.25) is 0 Å². The molecule has 0 saturated heterocycles. The molecule has 0 atom stereocenters. The van der Waals surface area contributed by atoms with Crippen molar-refractivity contribution >= 4 is 28.0 Å². The van der Waals surface area contributed by atoms with Gasteiger partial charge in [0.15, 0.2) is 0 Å². The van der Waals surface area contributed by atoms with E-state index in [-0.39, 0.29) is 0 Å². The van der Waals surface area contributed by atoms with E-state index in [2.05, 4.69) is 15.9 Å². The molecule has 1 aromatic rings. The Morgan fingerprint density at radius 3 is 2.29 bits per heavy atom. The summed E-state index contributed by atoms with van der Waals surface area (Å²) in [7, 11) is 0. The molecule has 1 aromatic carbocycles. The summed E-state index contributed by atoms with van der Waals surface area (Å²) in [5, 5.41) is 8.47. The van der Waals surface area contributed by atoms with Crippen LogP contribution in [0.15, 0.2) is 22.7 Å². The number of halogens is 1. The molecule has 2 nitrogen and oxygen atoms in total. The lowest BCUT2D eigenvalue weighted by Crippen LogP contribution is -1.87. The average molecular weight is 255 g/mol. The van der Waals surface area contributed by atoms with Crippen LogP contribution in [-0.2, 0) is 4.79 Å². The van der Waals surface area contributed by atoms with Crippen LogP contribution in [0.25, 0.3) is 6.08 Å². The van der Waals surface area contributed by atoms with Gasteiger partial charge < -0.3 is 5.11 Å². The normalized spacial score (nSPS) is 10.8. The van der Waals surface area contributed by atoms with Gasteiger partial charge in [0.2, 0.25) is 0 Å². The van der Waals surface area contributed by atoms with Gasteiger partial charge in [0, 0.05) is 10.5 Å². The van der Waals surface area contributed by atoms with Crippen LogP contribution < -0.4 is 0 Å². The Hall–Kier alpha value is -1.09. The predicted molar refractivity (Wildman–Crippen MR) is 60.3 cm³/mol. The highest BCUT2D eigenvalue weighted by Crippen LogP contribution is 2.22. The lowest BCUT2D eigenvalue weighted by molar-refractivity contribution is -0.131. The smallest absolute Gasteiger partial charge is 0.328 e. The number of aliphatic carboxylic acids is 1. The summed E-state index contributed by atoms with van der Waals surface area (Å²) < 4.78 is 1.07. The number of rotatable bonds is 2. The summed E-state index contributed by atoms with van der Waals surface area (Å²) in [5.41, 5.74) is 3.12. The fourth-order valence-electron chi connectivity index (χ4n) is 1.24. The van der Waals surface area contributed by atoms with Crippen molar-refractivity contribution in [3.63, 3.8) is 0 Å². The van der Waals surface area contributed by atoms with Gasteiger partial charge in [-0.1, -0.05) is 28.1 Å². The fourth-order valence-corrected chi connectivity index (χ4v) is 1.47. The second-order valence-corrected chi connectivity index (χ2v) is 3.93. The minimum atomic E-state index is -0.928. The molecule has 0 aliphatic rings. The molecule has 0 unspecified atom stereocenters. The Kier molecular flexibility index (Phi) is 3.47. The lowest BCUT2D eigenvalue weighted by Gasteiger charge is -2.04. The van der Waals surface area contributed by atoms with Crippen LogP contribution in [0, 0.1) is 13.8 Å². The van der Waals surface area contributed by atoms with Gasteiger partial charge in [0.25, 0.3) is 0 Å². The summed E-state index contributed by atoms with van der Waals surface area (Å²) in [6.45, 7) is 3.96. The molecule has 0 saturated carbocycles. The molecule has 3 heteroatoms. The van der Waals surface area contributed by atoms with E-state index in [0.29, 0.717) is 0 Å². The summed E-state index contributed by atoms with van der Waals surface area (Å²) in [5.74, 6) is -0.928. The summed E-state index contributed by atoms with van der Waals surface area (Å²) >= 11 is 3.45. The molecule has 0 spiro atoms. The van der Waals surface area contributed by atoms with Crippen molar-refractivity contribution in [1.29, 1.82) is 0 Å². The van der Waals surface area contributed by atoms with Crippen molar-refractivity contribution in [2.75, 3.05) is 0 Å². The van der Waals surface area contributed by atoms with Crippen LogP contribution in [0.1, 0.15) is 16.7 Å². The largest absolute Gasteiger partial charge is 0.478 e. The number of carbonyl (C=O) groups is 1. The lowest BCUT2D eigenvalue weighted by atomic mass is 10.1. The van der Waals surface area contributed by atoms with Crippen LogP contribution in [0.4, 0.5) is 0 Å². The highest BCUT2D eigenvalue weighted by molar-refractivity contribution is 9.10. The van der Waals surface area contributed by atoms with Crippen molar-refractivity contribution in [2.24, 2.45) is 0 Å². The van der Waals surface area contributed by atoms with Crippen molar-refractivity contribution in [1.82, 2.24) is 0 Å². The number of aryl methyl sites for hydroxylation is 2. The summed E-state index contributed by atoms with van der Waals surface area (Å²) in [6.07, 6.45) is 2.73. The zero-order valence-electron chi connectivity index (χ0n) is 8.04. The quantitative estimate of drug-likeness (QED) is 0.824. The summed E-state index contributed by atoms with van der Waals surface area (Å²) in [4.78, 5) is 10.3. The zero-order valence-corrected chi connectivity index (χ0v) is 9.63. The van der Waals surface area contributed by atoms with Gasteiger partial charge in [-0.15, -0.1) is 0 Å². The molecule has 0 heterocycles. The Balaban J connectivity index is 3.07. The Bertz CT molecular complexity index is 371. The van der Waals surface area contributed by atoms with Crippen molar-refractivity contribution in [2.45, 2.75) is 13.8 Å². The molecule has 0 aromatic heterocycles. The molecular formula is C11H11BrO2. The molecule has 1 N–H and O–H groups in total. The maximum absolute atomic E-state index is 10.3. The van der Waals surface area contributed by atoms with E-state index in [9.17, 15) is 4.79 Å². The minimum Gasteiger partial charge on any atom is -0.478 e. The highest BCUT2D eigenvalue weighted by atomic mass is 79.9. The molecule has 14 heavy (non-hydrogen) atoms. The van der Waals surface area contributed by atoms with Gasteiger partial charge >= 0.3 is 5.97 Å². The molecule has 0 aliphatic carbocycles. The predicted octanol–water partition coefficient (Wildman–Crippen LogP) is 3.16. The monoisotopic (exact) mass is 254 g/mol. The van der Waals surface area contributed by atoms with E-state index < -0.39 is 5.97 Å². The minimum absolute atomic E-state index is 0.908. The third-order valence-corrected chi connectivity index (χ3v) is 3.13. The second-order valence-electron chi connectivity index (χ2n) is 3.14. The van der Waals surface area contributed by atoms with Crippen LogP contribution in [-0.4, -0.2) is 11.1 Å². The maximum Gasteiger partial charge on any atom is 0.328 e. The molecule has 0 bridgehead atoms. The molecule has 1 rings (SSSR count). The second kappa shape index (κ2) is 4.42. The Labute approximate surface area is 91.4 Å². The molecule has 0 aliphatic heterocycles. The molecule has 74 valence electrons. The van der Waals surface area contributed by atoms with Gasteiger partial charge in [0.05, 0.1) is 0 Å². The van der Waals surface area contributed by atoms with E-state index in [4.69, 9.17) is 5.11 Å². The van der Waals surface area contributed by atoms with Crippen molar-refractivity contribution in [3.8, 4) is 0 Å². The average Bonchev–Trinajstić information content (AvgIpc) is 2.10. The Morgan fingerprint density at radius 1 is 1.36 bits per heavy atom. The first kappa shape index (κ1) is 11.0. The summed E-state index contributed by atoms with van der Waals surface area (Å²) in [6, 6.07) is 3.88. The van der Waals surface area contributed by atoms with E-state index in [1.807, 2.05) is 26.0 Å². The standard InChI is InChI=1S/C11H11BrO2/c1-7-5-9(3-4-10(13)14)6-8(2)11(7)12/h3-6H,1-2H3,(H,13,14)/b4-3+. The number of hydrogen-bond donors (Lipinski definition) is 1. The number of carboxylic acid groups (broad SMARTS) is 1. The molecule has 0 fully saturated rings. The molecule has 0 amide bonds. The van der Waals surface area contributed by atoms with Crippen LogP contribution in [0.5, 0.6) is 0 Å². The van der Waals surface area contributed by atoms with Gasteiger partial charge in [-0.2, -0.15) is 0 Å². The first-order valence-corrected chi connectivity index (χ1v) is 4.98.